The smallest absolute Gasteiger partial charge is 0.249 e. The van der Waals surface area contributed by atoms with Gasteiger partial charge < -0.3 is 10.2 Å². The molecule has 0 radical (unpaired) electrons. The Morgan fingerprint density at radius 2 is 1.47 bits per heavy atom. The molecule has 110 valence electrons. The highest BCUT2D eigenvalue weighted by atomic mass is 16.2. The van der Waals surface area contributed by atoms with Crippen LogP contribution < -0.4 is 5.32 Å². The van der Waals surface area contributed by atoms with Gasteiger partial charge in [0.1, 0.15) is 11.1 Å². The lowest BCUT2D eigenvalue weighted by molar-refractivity contribution is -0.167. The van der Waals surface area contributed by atoms with Crippen molar-refractivity contribution in [2.75, 3.05) is 0 Å². The van der Waals surface area contributed by atoms with Crippen LogP contribution in [0, 0.1) is 0 Å². The molecule has 1 rings (SSSR count). The highest BCUT2D eigenvalue weighted by molar-refractivity contribution is 6.02. The highest BCUT2D eigenvalue weighted by Crippen LogP contribution is 2.36. The lowest BCUT2D eigenvalue weighted by Gasteiger charge is -2.53. The largest absolute Gasteiger partial charge is 0.340 e. The van der Waals surface area contributed by atoms with Gasteiger partial charge in [-0.25, -0.2) is 0 Å². The van der Waals surface area contributed by atoms with Gasteiger partial charge in [-0.1, -0.05) is 27.7 Å². The number of amides is 2. The molecule has 4 heteroatoms. The molecule has 0 aromatic carbocycles. The standard InChI is InChI=1S/C15H28N2O2/c1-7-14(8-2)13(19)17(11(5)6)15(9-3,10-4)12(18)16-14/h11H,7-10H2,1-6H3,(H,16,18). The van der Waals surface area contributed by atoms with Crippen LogP contribution in [-0.4, -0.2) is 33.8 Å². The lowest BCUT2D eigenvalue weighted by Crippen LogP contribution is -2.76. The van der Waals surface area contributed by atoms with Gasteiger partial charge in [-0.05, 0) is 39.5 Å². The van der Waals surface area contributed by atoms with E-state index in [-0.39, 0.29) is 17.9 Å². The number of hydrogen-bond donors (Lipinski definition) is 1. The van der Waals surface area contributed by atoms with Crippen molar-refractivity contribution in [2.45, 2.75) is 84.3 Å². The molecule has 0 aliphatic carbocycles. The summed E-state index contributed by atoms with van der Waals surface area (Å²) in [5.41, 5.74) is -1.39. The van der Waals surface area contributed by atoms with E-state index in [4.69, 9.17) is 0 Å². The van der Waals surface area contributed by atoms with E-state index in [9.17, 15) is 9.59 Å². The van der Waals surface area contributed by atoms with Crippen LogP contribution in [0.25, 0.3) is 0 Å². The Labute approximate surface area is 116 Å². The molecule has 1 heterocycles. The first-order valence-corrected chi connectivity index (χ1v) is 7.51. The van der Waals surface area contributed by atoms with Gasteiger partial charge in [0.05, 0.1) is 0 Å². The molecule has 0 aromatic rings. The lowest BCUT2D eigenvalue weighted by atomic mass is 9.78. The number of nitrogens with one attached hydrogen (secondary N) is 1. The Morgan fingerprint density at radius 3 is 1.79 bits per heavy atom. The van der Waals surface area contributed by atoms with Crippen LogP contribution in [0.5, 0.6) is 0 Å². The van der Waals surface area contributed by atoms with Gasteiger partial charge in [-0.3, -0.25) is 9.59 Å². The third-order valence-corrected chi connectivity index (χ3v) is 4.76. The maximum Gasteiger partial charge on any atom is 0.249 e. The number of nitrogens with zero attached hydrogens (tertiary/aromatic N) is 1. The second kappa shape index (κ2) is 5.51. The van der Waals surface area contributed by atoms with Crippen LogP contribution in [-0.2, 0) is 9.59 Å². The van der Waals surface area contributed by atoms with Crippen LogP contribution in [0.4, 0.5) is 0 Å². The van der Waals surface area contributed by atoms with Gasteiger partial charge >= 0.3 is 0 Å². The fourth-order valence-electron chi connectivity index (χ4n) is 3.29. The molecule has 1 saturated heterocycles. The molecule has 0 aromatic heterocycles. The molecule has 1 aliphatic heterocycles. The van der Waals surface area contributed by atoms with Crippen LogP contribution in [0.1, 0.15) is 67.2 Å². The Hall–Kier alpha value is -1.06. The summed E-state index contributed by atoms with van der Waals surface area (Å²) in [6.45, 7) is 11.9. The summed E-state index contributed by atoms with van der Waals surface area (Å²) in [4.78, 5) is 27.4. The fraction of sp³-hybridized carbons (Fsp3) is 0.867. The molecule has 0 spiro atoms. The van der Waals surface area contributed by atoms with Crippen molar-refractivity contribution in [3.63, 3.8) is 0 Å². The van der Waals surface area contributed by atoms with Crippen molar-refractivity contribution in [1.29, 1.82) is 0 Å². The second-order valence-electron chi connectivity index (χ2n) is 5.75. The van der Waals surface area contributed by atoms with E-state index >= 15 is 0 Å². The molecule has 2 amide bonds. The Balaban J connectivity index is 3.36. The van der Waals surface area contributed by atoms with Crippen molar-refractivity contribution in [1.82, 2.24) is 10.2 Å². The molecule has 0 atom stereocenters. The maximum atomic E-state index is 12.9. The SMILES string of the molecule is CCC1(CC)NC(=O)C(CC)(CC)N(C(C)C)C1=O. The van der Waals surface area contributed by atoms with Gasteiger partial charge in [0, 0.05) is 6.04 Å². The quantitative estimate of drug-likeness (QED) is 0.832. The van der Waals surface area contributed by atoms with Crippen LogP contribution in [0.15, 0.2) is 0 Å². The normalized spacial score (nSPS) is 21.7. The molecule has 1 aliphatic rings. The fourth-order valence-corrected chi connectivity index (χ4v) is 3.29. The van der Waals surface area contributed by atoms with Gasteiger partial charge in [0.2, 0.25) is 11.8 Å². The first-order chi connectivity index (χ1) is 8.85. The van der Waals surface area contributed by atoms with Crippen molar-refractivity contribution in [3.8, 4) is 0 Å². The molecular formula is C15H28N2O2. The first kappa shape index (κ1) is 16.0. The van der Waals surface area contributed by atoms with Gasteiger partial charge in [0.15, 0.2) is 0 Å². The number of carbonyl (C=O) groups excluding carboxylic acids is 2. The van der Waals surface area contributed by atoms with E-state index in [1.54, 1.807) is 0 Å². The van der Waals surface area contributed by atoms with Gasteiger partial charge in [-0.2, -0.15) is 0 Å². The number of rotatable bonds is 5. The third-order valence-electron chi connectivity index (χ3n) is 4.76. The second-order valence-corrected chi connectivity index (χ2v) is 5.75. The van der Waals surface area contributed by atoms with Gasteiger partial charge in [-0.15, -0.1) is 0 Å². The van der Waals surface area contributed by atoms with E-state index in [0.29, 0.717) is 25.7 Å². The molecule has 19 heavy (non-hydrogen) atoms. The minimum atomic E-state index is -0.713. The average Bonchev–Trinajstić information content (AvgIpc) is 2.40. The molecule has 0 unspecified atom stereocenters. The molecule has 0 bridgehead atoms. The van der Waals surface area contributed by atoms with E-state index in [1.807, 2.05) is 46.4 Å². The summed E-state index contributed by atoms with van der Waals surface area (Å²) >= 11 is 0. The Morgan fingerprint density at radius 1 is 1.00 bits per heavy atom. The van der Waals surface area contributed by atoms with Crippen molar-refractivity contribution in [2.24, 2.45) is 0 Å². The van der Waals surface area contributed by atoms with Crippen LogP contribution >= 0.6 is 0 Å². The molecular weight excluding hydrogens is 240 g/mol. The van der Waals surface area contributed by atoms with Crippen molar-refractivity contribution >= 4 is 11.8 Å². The van der Waals surface area contributed by atoms with Crippen molar-refractivity contribution in [3.05, 3.63) is 0 Å². The summed E-state index contributed by atoms with van der Waals surface area (Å²) in [5, 5.41) is 3.03. The minimum Gasteiger partial charge on any atom is -0.340 e. The number of piperazine rings is 1. The monoisotopic (exact) mass is 268 g/mol. The molecule has 4 nitrogen and oxygen atoms in total. The van der Waals surface area contributed by atoms with E-state index in [0.717, 1.165) is 0 Å². The summed E-state index contributed by atoms with van der Waals surface area (Å²) in [6.07, 6.45) is 2.59. The van der Waals surface area contributed by atoms with Crippen LogP contribution in [0.2, 0.25) is 0 Å². The summed E-state index contributed by atoms with van der Waals surface area (Å²) in [7, 11) is 0. The zero-order valence-corrected chi connectivity index (χ0v) is 13.2. The zero-order valence-electron chi connectivity index (χ0n) is 13.2. The van der Waals surface area contributed by atoms with E-state index in [2.05, 4.69) is 5.32 Å². The summed E-state index contributed by atoms with van der Waals surface area (Å²) < 4.78 is 0. The average molecular weight is 268 g/mol. The highest BCUT2D eigenvalue weighted by Gasteiger charge is 2.56. The topological polar surface area (TPSA) is 49.4 Å². The van der Waals surface area contributed by atoms with Gasteiger partial charge in [0.25, 0.3) is 0 Å². The Kier molecular flexibility index (Phi) is 4.64. The van der Waals surface area contributed by atoms with E-state index in [1.165, 1.54) is 0 Å². The summed E-state index contributed by atoms with van der Waals surface area (Å²) in [6, 6.07) is 0.0379. The maximum absolute atomic E-state index is 12.9. The predicted molar refractivity (Wildman–Crippen MR) is 76.8 cm³/mol. The zero-order chi connectivity index (χ0) is 14.8. The molecule has 0 saturated carbocycles. The summed E-state index contributed by atoms with van der Waals surface area (Å²) in [5.74, 6) is 0.0882. The third kappa shape index (κ3) is 2.15. The predicted octanol–water partition coefficient (Wildman–Crippen LogP) is 2.47. The van der Waals surface area contributed by atoms with Crippen LogP contribution in [0.3, 0.4) is 0 Å². The molecule has 1 fully saturated rings. The van der Waals surface area contributed by atoms with Crippen molar-refractivity contribution < 1.29 is 9.59 Å². The minimum absolute atomic E-state index is 0.00880. The number of carbonyl (C=O) groups is 2. The van der Waals surface area contributed by atoms with E-state index < -0.39 is 11.1 Å². The number of hydrogen-bond acceptors (Lipinski definition) is 2. The molecule has 1 N–H and O–H groups in total. The Bertz CT molecular complexity index is 355. The first-order valence-electron chi connectivity index (χ1n) is 7.51.